The second kappa shape index (κ2) is 10.1. The van der Waals surface area contributed by atoms with E-state index in [1.807, 2.05) is 36.6 Å². The van der Waals surface area contributed by atoms with Crippen molar-refractivity contribution < 1.29 is 9.18 Å². The molecule has 32 heavy (non-hydrogen) atoms. The van der Waals surface area contributed by atoms with Gasteiger partial charge >= 0.3 is 0 Å². The number of nitrogens with one attached hydrogen (secondary N) is 1. The van der Waals surface area contributed by atoms with Crippen molar-refractivity contribution in [2.45, 2.75) is 31.1 Å². The van der Waals surface area contributed by atoms with Crippen LogP contribution in [0, 0.1) is 5.82 Å². The number of halogens is 1. The van der Waals surface area contributed by atoms with Crippen LogP contribution in [0.2, 0.25) is 0 Å². The van der Waals surface area contributed by atoms with Crippen molar-refractivity contribution in [1.29, 1.82) is 0 Å². The summed E-state index contributed by atoms with van der Waals surface area (Å²) < 4.78 is 15.0. The Morgan fingerprint density at radius 2 is 1.94 bits per heavy atom. The number of nitrogens with zero attached hydrogens (tertiary/aromatic N) is 2. The van der Waals surface area contributed by atoms with Gasteiger partial charge in [0.15, 0.2) is 5.16 Å². The highest BCUT2D eigenvalue weighted by Crippen LogP contribution is 2.27. The Morgan fingerprint density at radius 1 is 1.16 bits per heavy atom. The van der Waals surface area contributed by atoms with Crippen molar-refractivity contribution in [3.8, 4) is 0 Å². The molecule has 0 spiro atoms. The number of amides is 1. The Balaban J connectivity index is 1.55. The lowest BCUT2D eigenvalue weighted by atomic mass is 10.1. The predicted octanol–water partition coefficient (Wildman–Crippen LogP) is 5.01. The van der Waals surface area contributed by atoms with Gasteiger partial charge in [-0.3, -0.25) is 14.2 Å². The van der Waals surface area contributed by atoms with Crippen LogP contribution in [-0.2, 0) is 11.3 Å². The normalized spacial score (nSPS) is 12.1. The van der Waals surface area contributed by atoms with E-state index in [9.17, 15) is 14.0 Å². The smallest absolute Gasteiger partial charge is 0.262 e. The number of thiophene rings is 1. The molecule has 0 aliphatic heterocycles. The van der Waals surface area contributed by atoms with E-state index in [1.165, 1.54) is 35.2 Å². The number of aromatic nitrogens is 2. The van der Waals surface area contributed by atoms with E-state index in [2.05, 4.69) is 10.3 Å². The quantitative estimate of drug-likeness (QED) is 0.292. The molecule has 2 aromatic carbocycles. The summed E-state index contributed by atoms with van der Waals surface area (Å²) in [6.45, 7) is 2.53. The second-order valence-corrected chi connectivity index (χ2v) is 9.15. The molecule has 1 atom stereocenters. The SMILES string of the molecule is CCCn1c(SCC(=O)NC(c2ccc(F)cc2)c2cccs2)nc2ccccc2c1=O. The lowest BCUT2D eigenvalue weighted by Crippen LogP contribution is -2.31. The predicted molar refractivity (Wildman–Crippen MR) is 128 cm³/mol. The Bertz CT molecular complexity index is 1270. The van der Waals surface area contributed by atoms with Crippen molar-refractivity contribution in [3.63, 3.8) is 0 Å². The molecule has 0 aliphatic carbocycles. The number of para-hydroxylation sites is 1. The molecule has 4 rings (SSSR count). The third-order valence-electron chi connectivity index (χ3n) is 4.94. The first-order chi connectivity index (χ1) is 15.6. The maximum absolute atomic E-state index is 13.4. The minimum Gasteiger partial charge on any atom is -0.344 e. The monoisotopic (exact) mass is 467 g/mol. The van der Waals surface area contributed by atoms with Gasteiger partial charge in [-0.2, -0.15) is 0 Å². The minimum atomic E-state index is -0.369. The van der Waals surface area contributed by atoms with Crippen LogP contribution in [0.5, 0.6) is 0 Å². The van der Waals surface area contributed by atoms with Crippen LogP contribution in [0.25, 0.3) is 10.9 Å². The van der Waals surface area contributed by atoms with Crippen LogP contribution >= 0.6 is 23.1 Å². The molecule has 8 heteroatoms. The maximum atomic E-state index is 13.4. The van der Waals surface area contributed by atoms with Crippen molar-refractivity contribution in [2.75, 3.05) is 5.75 Å². The largest absolute Gasteiger partial charge is 0.344 e. The molecule has 0 aliphatic rings. The van der Waals surface area contributed by atoms with Crippen LogP contribution in [0.1, 0.15) is 29.8 Å². The van der Waals surface area contributed by atoms with Crippen molar-refractivity contribution in [3.05, 3.63) is 92.7 Å². The van der Waals surface area contributed by atoms with Gasteiger partial charge in [-0.15, -0.1) is 11.3 Å². The van der Waals surface area contributed by atoms with Crippen LogP contribution in [0.3, 0.4) is 0 Å². The first kappa shape index (κ1) is 22.2. The molecule has 1 unspecified atom stereocenters. The van der Waals surface area contributed by atoms with Crippen molar-refractivity contribution >= 4 is 39.9 Å². The lowest BCUT2D eigenvalue weighted by Gasteiger charge is -2.18. The molecule has 1 N–H and O–H groups in total. The zero-order chi connectivity index (χ0) is 22.5. The third kappa shape index (κ3) is 4.92. The summed E-state index contributed by atoms with van der Waals surface area (Å²) >= 11 is 2.77. The van der Waals surface area contributed by atoms with Gasteiger partial charge in [0.1, 0.15) is 5.82 Å². The third-order valence-corrected chi connectivity index (χ3v) is 6.86. The highest BCUT2D eigenvalue weighted by molar-refractivity contribution is 7.99. The van der Waals surface area contributed by atoms with E-state index in [0.717, 1.165) is 16.9 Å². The van der Waals surface area contributed by atoms with Crippen LogP contribution in [0.15, 0.2) is 76.0 Å². The van der Waals surface area contributed by atoms with Crippen molar-refractivity contribution in [1.82, 2.24) is 14.9 Å². The van der Waals surface area contributed by atoms with E-state index in [4.69, 9.17) is 0 Å². The number of benzene rings is 2. The van der Waals surface area contributed by atoms with Gasteiger partial charge in [-0.25, -0.2) is 9.37 Å². The average Bonchev–Trinajstić information content (AvgIpc) is 3.34. The fraction of sp³-hybridized carbons (Fsp3) is 0.208. The highest BCUT2D eigenvalue weighted by Gasteiger charge is 2.19. The Labute approximate surface area is 193 Å². The molecule has 0 radical (unpaired) electrons. The molecular weight excluding hydrogens is 445 g/mol. The van der Waals surface area contributed by atoms with Gasteiger partial charge in [-0.05, 0) is 47.7 Å². The zero-order valence-corrected chi connectivity index (χ0v) is 19.1. The fourth-order valence-electron chi connectivity index (χ4n) is 3.44. The molecule has 0 fully saturated rings. The summed E-state index contributed by atoms with van der Waals surface area (Å²) in [5.41, 5.74) is 1.33. The van der Waals surface area contributed by atoms with Gasteiger partial charge < -0.3 is 5.32 Å². The number of fused-ring (bicyclic) bond motifs is 1. The molecule has 1 amide bonds. The van der Waals surface area contributed by atoms with Crippen LogP contribution in [-0.4, -0.2) is 21.2 Å². The molecule has 164 valence electrons. The lowest BCUT2D eigenvalue weighted by molar-refractivity contribution is -0.119. The average molecular weight is 468 g/mol. The Hall–Kier alpha value is -2.97. The molecular formula is C24H22FN3O2S2. The first-order valence-electron chi connectivity index (χ1n) is 10.3. The molecule has 0 saturated carbocycles. The molecule has 0 saturated heterocycles. The van der Waals surface area contributed by atoms with E-state index in [-0.39, 0.29) is 29.1 Å². The van der Waals surface area contributed by atoms with Gasteiger partial charge in [-0.1, -0.05) is 49.0 Å². The maximum Gasteiger partial charge on any atom is 0.262 e. The summed E-state index contributed by atoms with van der Waals surface area (Å²) in [7, 11) is 0. The topological polar surface area (TPSA) is 64.0 Å². The molecule has 5 nitrogen and oxygen atoms in total. The summed E-state index contributed by atoms with van der Waals surface area (Å²) in [5.74, 6) is -0.405. The van der Waals surface area contributed by atoms with Gasteiger partial charge in [0.25, 0.3) is 5.56 Å². The summed E-state index contributed by atoms with van der Waals surface area (Å²) in [4.78, 5) is 31.4. The number of thioether (sulfide) groups is 1. The number of carbonyl (C=O) groups is 1. The summed E-state index contributed by atoms with van der Waals surface area (Å²) in [5, 5.41) is 6.08. The van der Waals surface area contributed by atoms with E-state index in [1.54, 1.807) is 28.8 Å². The number of rotatable bonds is 8. The zero-order valence-electron chi connectivity index (χ0n) is 17.5. The molecule has 0 bridgehead atoms. The molecule has 4 aromatic rings. The van der Waals surface area contributed by atoms with Crippen molar-refractivity contribution in [2.24, 2.45) is 0 Å². The standard InChI is InChI=1S/C24H22FN3O2S2/c1-2-13-28-23(30)18-6-3-4-7-19(18)26-24(28)32-15-21(29)27-22(20-8-5-14-31-20)16-9-11-17(25)12-10-16/h3-12,14,22H,2,13,15H2,1H3,(H,27,29). The first-order valence-corrected chi connectivity index (χ1v) is 12.1. The van der Waals surface area contributed by atoms with Gasteiger partial charge in [0.2, 0.25) is 5.91 Å². The van der Waals surface area contributed by atoms with Crippen LogP contribution in [0.4, 0.5) is 4.39 Å². The summed E-state index contributed by atoms with van der Waals surface area (Å²) in [6.07, 6.45) is 0.782. The Kier molecular flexibility index (Phi) is 7.02. The summed E-state index contributed by atoms with van der Waals surface area (Å²) in [6, 6.07) is 16.9. The number of hydrogen-bond acceptors (Lipinski definition) is 5. The minimum absolute atomic E-state index is 0.0943. The fourth-order valence-corrected chi connectivity index (χ4v) is 5.08. The van der Waals surface area contributed by atoms with Gasteiger partial charge in [0, 0.05) is 11.4 Å². The van der Waals surface area contributed by atoms with Gasteiger partial charge in [0.05, 0.1) is 22.7 Å². The highest BCUT2D eigenvalue weighted by atomic mass is 32.2. The second-order valence-electron chi connectivity index (χ2n) is 7.22. The Morgan fingerprint density at radius 3 is 2.66 bits per heavy atom. The van der Waals surface area contributed by atoms with Crippen LogP contribution < -0.4 is 10.9 Å². The van der Waals surface area contributed by atoms with E-state index < -0.39 is 0 Å². The van der Waals surface area contributed by atoms with E-state index >= 15 is 0 Å². The molecule has 2 heterocycles. The van der Waals surface area contributed by atoms with E-state index in [0.29, 0.717) is 22.6 Å². The molecule has 2 aromatic heterocycles. The number of carbonyl (C=O) groups excluding carboxylic acids is 1. The number of hydrogen-bond donors (Lipinski definition) is 1.